The fraction of sp³-hybridized carbons (Fsp3) is 0.444. The van der Waals surface area contributed by atoms with Crippen molar-refractivity contribution in [3.63, 3.8) is 0 Å². The van der Waals surface area contributed by atoms with E-state index >= 15 is 0 Å². The predicted octanol–water partition coefficient (Wildman–Crippen LogP) is 2.32. The summed E-state index contributed by atoms with van der Waals surface area (Å²) in [7, 11) is 1.70. The smallest absolute Gasteiger partial charge is 0.234 e. The molecule has 0 radical (unpaired) electrons. The van der Waals surface area contributed by atoms with Crippen LogP contribution in [0.4, 0.5) is 0 Å². The second-order valence-corrected chi connectivity index (χ2v) is 6.48. The Kier molecular flexibility index (Phi) is 4.11. The first-order valence-corrected chi connectivity index (χ1v) is 7.97. The fourth-order valence-electron chi connectivity index (χ4n) is 3.25. The van der Waals surface area contributed by atoms with Crippen LogP contribution in [-0.4, -0.2) is 41.0 Å². The molecule has 3 rings (SSSR count). The van der Waals surface area contributed by atoms with Gasteiger partial charge >= 0.3 is 0 Å². The third kappa shape index (κ3) is 2.83. The topological polar surface area (TPSA) is 58.2 Å². The van der Waals surface area contributed by atoms with E-state index in [4.69, 9.17) is 4.74 Å². The van der Waals surface area contributed by atoms with E-state index in [0.29, 0.717) is 6.54 Å². The van der Waals surface area contributed by atoms with Crippen LogP contribution in [0.5, 0.6) is 5.75 Å². The van der Waals surface area contributed by atoms with Crippen LogP contribution in [-0.2, 0) is 23.1 Å². The van der Waals surface area contributed by atoms with Gasteiger partial charge in [0.1, 0.15) is 5.75 Å². The summed E-state index contributed by atoms with van der Waals surface area (Å²) in [4.78, 5) is 22.1. The molecule has 0 spiro atoms. The number of benzene rings is 1. The highest BCUT2D eigenvalue weighted by Crippen LogP contribution is 2.28. The van der Waals surface area contributed by atoms with Crippen molar-refractivity contribution >= 4 is 5.91 Å². The highest BCUT2D eigenvalue weighted by Gasteiger charge is 2.35. The summed E-state index contributed by atoms with van der Waals surface area (Å²) in [5.41, 5.74) is 2.75. The lowest BCUT2D eigenvalue weighted by molar-refractivity contribution is -0.136. The molecule has 1 aliphatic heterocycles. The highest BCUT2D eigenvalue weighted by molar-refractivity contribution is 5.87. The van der Waals surface area contributed by atoms with E-state index in [2.05, 4.69) is 16.0 Å². The van der Waals surface area contributed by atoms with Crippen LogP contribution >= 0.6 is 0 Å². The predicted molar refractivity (Wildman–Crippen MR) is 88.6 cm³/mol. The van der Waals surface area contributed by atoms with E-state index in [1.165, 1.54) is 11.1 Å². The van der Waals surface area contributed by atoms with Crippen LogP contribution in [0.1, 0.15) is 30.7 Å². The number of nitrogens with one attached hydrogen (secondary N) is 1. The van der Waals surface area contributed by atoms with Gasteiger partial charge in [-0.05, 0) is 43.9 Å². The van der Waals surface area contributed by atoms with Crippen molar-refractivity contribution in [2.45, 2.75) is 32.1 Å². The molecule has 0 unspecified atom stereocenters. The first kappa shape index (κ1) is 15.6. The molecule has 0 aliphatic carbocycles. The number of methoxy groups -OCH3 is 1. The largest absolute Gasteiger partial charge is 0.496 e. The molecule has 0 saturated carbocycles. The third-order valence-electron chi connectivity index (χ3n) is 4.73. The van der Waals surface area contributed by atoms with Crippen molar-refractivity contribution in [2.24, 2.45) is 0 Å². The summed E-state index contributed by atoms with van der Waals surface area (Å²) in [6.07, 6.45) is 5.03. The lowest BCUT2D eigenvalue weighted by Crippen LogP contribution is -2.44. The van der Waals surface area contributed by atoms with Crippen molar-refractivity contribution in [3.8, 4) is 5.75 Å². The van der Waals surface area contributed by atoms with E-state index in [1.54, 1.807) is 19.6 Å². The number of aromatic amines is 1. The van der Waals surface area contributed by atoms with Crippen molar-refractivity contribution in [1.82, 2.24) is 14.9 Å². The Hall–Kier alpha value is -2.30. The second-order valence-electron chi connectivity index (χ2n) is 6.48. The number of aromatic nitrogens is 2. The van der Waals surface area contributed by atoms with Gasteiger partial charge in [-0.25, -0.2) is 4.98 Å². The Balaban J connectivity index is 1.81. The number of nitrogens with zero attached hydrogens (tertiary/aromatic N) is 2. The molecule has 2 aromatic rings. The molecular weight excluding hydrogens is 290 g/mol. The molecule has 1 aromatic heterocycles. The Bertz CT molecular complexity index is 692. The number of amides is 1. The molecule has 5 heteroatoms. The van der Waals surface area contributed by atoms with Gasteiger partial charge in [-0.1, -0.05) is 12.1 Å². The summed E-state index contributed by atoms with van der Waals surface area (Å²) < 4.78 is 5.47. The normalized spacial score (nSPS) is 15.0. The van der Waals surface area contributed by atoms with Crippen molar-refractivity contribution in [2.75, 3.05) is 20.2 Å². The lowest BCUT2D eigenvalue weighted by atomic mass is 9.88. The van der Waals surface area contributed by atoms with Gasteiger partial charge in [-0.2, -0.15) is 0 Å². The second kappa shape index (κ2) is 6.07. The molecule has 1 aromatic carbocycles. The SMILES string of the molecule is COc1cccc2c1CCN(C(=O)C(C)(C)c1cnc[nH]1)CC2. The first-order chi connectivity index (χ1) is 11.0. The molecule has 0 saturated heterocycles. The van der Waals surface area contributed by atoms with Crippen LogP contribution in [0.3, 0.4) is 0 Å². The standard InChI is InChI=1S/C18H23N3O2/c1-18(2,16-11-19-12-20-16)17(22)21-9-7-13-5-4-6-15(23-3)14(13)8-10-21/h4-6,11-12H,7-10H2,1-3H3,(H,19,20). The minimum atomic E-state index is -0.600. The number of H-pyrrole nitrogens is 1. The van der Waals surface area contributed by atoms with Crippen LogP contribution in [0.15, 0.2) is 30.7 Å². The van der Waals surface area contributed by atoms with Gasteiger partial charge in [0.25, 0.3) is 0 Å². The molecule has 1 aliphatic rings. The molecule has 122 valence electrons. The number of fused-ring (bicyclic) bond motifs is 1. The van der Waals surface area contributed by atoms with E-state index in [0.717, 1.165) is 30.8 Å². The number of imidazole rings is 1. The average molecular weight is 313 g/mol. The molecule has 0 bridgehead atoms. The van der Waals surface area contributed by atoms with Crippen LogP contribution < -0.4 is 4.74 Å². The number of hydrogen-bond donors (Lipinski definition) is 1. The maximum atomic E-state index is 13.0. The summed E-state index contributed by atoms with van der Waals surface area (Å²) >= 11 is 0. The maximum Gasteiger partial charge on any atom is 0.234 e. The average Bonchev–Trinajstić information content (AvgIpc) is 3.02. The fourth-order valence-corrected chi connectivity index (χ4v) is 3.25. The summed E-state index contributed by atoms with van der Waals surface area (Å²) in [5, 5.41) is 0. The lowest BCUT2D eigenvalue weighted by Gasteiger charge is -2.30. The molecular formula is C18H23N3O2. The number of hydrogen-bond acceptors (Lipinski definition) is 3. The number of ether oxygens (including phenoxy) is 1. The molecule has 1 N–H and O–H groups in total. The quantitative estimate of drug-likeness (QED) is 0.946. The van der Waals surface area contributed by atoms with Gasteiger partial charge in [0.05, 0.1) is 18.9 Å². The molecule has 0 fully saturated rings. The van der Waals surface area contributed by atoms with Crippen LogP contribution in [0.25, 0.3) is 0 Å². The number of carbonyl (C=O) groups excluding carboxylic acids is 1. The van der Waals surface area contributed by atoms with Crippen molar-refractivity contribution in [1.29, 1.82) is 0 Å². The monoisotopic (exact) mass is 313 g/mol. The minimum absolute atomic E-state index is 0.133. The maximum absolute atomic E-state index is 13.0. The van der Waals surface area contributed by atoms with Gasteiger partial charge in [-0.3, -0.25) is 4.79 Å². The summed E-state index contributed by atoms with van der Waals surface area (Å²) in [5.74, 6) is 1.05. The van der Waals surface area contributed by atoms with Gasteiger partial charge in [0, 0.05) is 25.0 Å². The Morgan fingerprint density at radius 1 is 1.30 bits per heavy atom. The third-order valence-corrected chi connectivity index (χ3v) is 4.73. The van der Waals surface area contributed by atoms with Gasteiger partial charge < -0.3 is 14.6 Å². The van der Waals surface area contributed by atoms with Crippen LogP contribution in [0.2, 0.25) is 0 Å². The number of rotatable bonds is 3. The Labute approximate surface area is 136 Å². The van der Waals surface area contributed by atoms with E-state index in [-0.39, 0.29) is 5.91 Å². The van der Waals surface area contributed by atoms with Crippen molar-refractivity contribution < 1.29 is 9.53 Å². The van der Waals surface area contributed by atoms with Gasteiger partial charge in [0.15, 0.2) is 0 Å². The summed E-state index contributed by atoms with van der Waals surface area (Å²) in [6, 6.07) is 6.14. The Morgan fingerprint density at radius 2 is 2.09 bits per heavy atom. The Morgan fingerprint density at radius 3 is 2.78 bits per heavy atom. The molecule has 1 amide bonds. The first-order valence-electron chi connectivity index (χ1n) is 7.97. The summed E-state index contributed by atoms with van der Waals surface area (Å²) in [6.45, 7) is 5.34. The molecule has 0 atom stereocenters. The molecule has 5 nitrogen and oxygen atoms in total. The van der Waals surface area contributed by atoms with Crippen LogP contribution in [0, 0.1) is 0 Å². The molecule has 2 heterocycles. The van der Waals surface area contributed by atoms with E-state index in [1.807, 2.05) is 30.9 Å². The zero-order chi connectivity index (χ0) is 16.4. The van der Waals surface area contributed by atoms with Gasteiger partial charge in [0.2, 0.25) is 5.91 Å². The highest BCUT2D eigenvalue weighted by atomic mass is 16.5. The zero-order valence-electron chi connectivity index (χ0n) is 13.9. The van der Waals surface area contributed by atoms with E-state index in [9.17, 15) is 4.79 Å². The van der Waals surface area contributed by atoms with Gasteiger partial charge in [-0.15, -0.1) is 0 Å². The minimum Gasteiger partial charge on any atom is -0.496 e. The van der Waals surface area contributed by atoms with Crippen molar-refractivity contribution in [3.05, 3.63) is 47.5 Å². The van der Waals surface area contributed by atoms with E-state index < -0.39 is 5.41 Å². The number of carbonyl (C=O) groups is 1. The molecule has 23 heavy (non-hydrogen) atoms. The zero-order valence-corrected chi connectivity index (χ0v) is 13.9.